The summed E-state index contributed by atoms with van der Waals surface area (Å²) in [6, 6.07) is 3.50. The normalized spacial score (nSPS) is 21.5. The van der Waals surface area contributed by atoms with Crippen LogP contribution in [0.5, 0.6) is 0 Å². The molecule has 0 radical (unpaired) electrons. The molecule has 1 aromatic rings. The fraction of sp³-hybridized carbons (Fsp3) is 0.556. The summed E-state index contributed by atoms with van der Waals surface area (Å²) in [5.41, 5.74) is 0.572. The number of hydrogen-bond donors (Lipinski definition) is 0. The molecule has 1 saturated heterocycles. The topological polar surface area (TPSA) is 46.6 Å². The third kappa shape index (κ3) is 5.09. The Kier molecular flexibility index (Phi) is 6.43. The Labute approximate surface area is 140 Å². The summed E-state index contributed by atoms with van der Waals surface area (Å²) in [5, 5.41) is 0. The highest BCUT2D eigenvalue weighted by Crippen LogP contribution is 2.26. The van der Waals surface area contributed by atoms with Gasteiger partial charge in [-0.2, -0.15) is 0 Å². The molecule has 2 rings (SSSR count). The zero-order valence-electron chi connectivity index (χ0n) is 14.1. The van der Waals surface area contributed by atoms with Gasteiger partial charge in [0.15, 0.2) is 0 Å². The molecule has 0 saturated carbocycles. The van der Waals surface area contributed by atoms with Crippen LogP contribution in [0.1, 0.15) is 31.7 Å². The number of esters is 1. The van der Waals surface area contributed by atoms with Gasteiger partial charge in [-0.1, -0.05) is 0 Å². The zero-order valence-corrected chi connectivity index (χ0v) is 14.1. The van der Waals surface area contributed by atoms with Gasteiger partial charge in [-0.15, -0.1) is 0 Å². The van der Waals surface area contributed by atoms with E-state index in [1.807, 2.05) is 7.05 Å². The number of halogens is 2. The van der Waals surface area contributed by atoms with Crippen molar-refractivity contribution < 1.29 is 23.1 Å². The number of benzene rings is 1. The van der Waals surface area contributed by atoms with E-state index in [1.165, 1.54) is 12.1 Å². The molecule has 6 heteroatoms. The molecule has 1 aromatic carbocycles. The molecule has 0 amide bonds. The third-order valence-corrected chi connectivity index (χ3v) is 4.48. The van der Waals surface area contributed by atoms with Crippen LogP contribution in [0.3, 0.4) is 0 Å². The monoisotopic (exact) mass is 339 g/mol. The van der Waals surface area contributed by atoms with Crippen molar-refractivity contribution in [2.45, 2.75) is 38.6 Å². The number of carbonyl (C=O) groups is 2. The minimum Gasteiger partial charge on any atom is -0.466 e. The van der Waals surface area contributed by atoms with Crippen LogP contribution in [0.15, 0.2) is 18.2 Å². The zero-order chi connectivity index (χ0) is 17.7. The molecule has 4 nitrogen and oxygen atoms in total. The van der Waals surface area contributed by atoms with Crippen LogP contribution in [0.4, 0.5) is 8.78 Å². The fourth-order valence-electron chi connectivity index (χ4n) is 3.20. The van der Waals surface area contributed by atoms with Crippen molar-refractivity contribution >= 4 is 11.8 Å². The molecule has 0 unspecified atom stereocenters. The van der Waals surface area contributed by atoms with E-state index in [-0.39, 0.29) is 30.8 Å². The van der Waals surface area contributed by atoms with Crippen LogP contribution >= 0.6 is 0 Å². The van der Waals surface area contributed by atoms with Crippen molar-refractivity contribution in [1.82, 2.24) is 4.90 Å². The maximum atomic E-state index is 13.3. The van der Waals surface area contributed by atoms with Gasteiger partial charge < -0.3 is 9.64 Å². The van der Waals surface area contributed by atoms with E-state index >= 15 is 0 Å². The molecule has 1 aliphatic heterocycles. The number of nitrogens with zero attached hydrogens (tertiary/aromatic N) is 1. The van der Waals surface area contributed by atoms with Crippen molar-refractivity contribution in [3.8, 4) is 0 Å². The van der Waals surface area contributed by atoms with Crippen molar-refractivity contribution in [1.29, 1.82) is 0 Å². The van der Waals surface area contributed by atoms with Crippen LogP contribution in [0, 0.1) is 17.6 Å². The van der Waals surface area contributed by atoms with E-state index in [2.05, 4.69) is 4.90 Å². The van der Waals surface area contributed by atoms with Gasteiger partial charge in [0.2, 0.25) is 0 Å². The van der Waals surface area contributed by atoms with Crippen LogP contribution < -0.4 is 0 Å². The maximum Gasteiger partial charge on any atom is 0.313 e. The maximum absolute atomic E-state index is 13.3. The summed E-state index contributed by atoms with van der Waals surface area (Å²) in [4.78, 5) is 25.8. The third-order valence-electron chi connectivity index (χ3n) is 4.48. The van der Waals surface area contributed by atoms with Crippen LogP contribution in [-0.4, -0.2) is 42.9 Å². The molecular formula is C18H23F2NO3. The summed E-state index contributed by atoms with van der Waals surface area (Å²) in [6.07, 6.45) is 1.52. The molecule has 1 heterocycles. The summed E-state index contributed by atoms with van der Waals surface area (Å²) < 4.78 is 31.5. The predicted octanol–water partition coefficient (Wildman–Crippen LogP) is 2.74. The highest BCUT2D eigenvalue weighted by molar-refractivity contribution is 5.96. The number of rotatable bonds is 6. The Morgan fingerprint density at radius 2 is 1.92 bits per heavy atom. The Bertz CT molecular complexity index is 586. The first-order chi connectivity index (χ1) is 11.4. The first-order valence-electron chi connectivity index (χ1n) is 8.22. The van der Waals surface area contributed by atoms with E-state index in [0.29, 0.717) is 31.4 Å². The lowest BCUT2D eigenvalue weighted by atomic mass is 9.84. The summed E-state index contributed by atoms with van der Waals surface area (Å²) in [6.45, 7) is 2.67. The number of Topliss-reactive ketones (excluding diaryl/α,β-unsaturated/α-hetero) is 1. The van der Waals surface area contributed by atoms with Gasteiger partial charge in [0.1, 0.15) is 23.8 Å². The lowest BCUT2D eigenvalue weighted by Crippen LogP contribution is -2.43. The number of likely N-dealkylation sites (tertiary alicyclic amines) is 1. The molecule has 2 atom stereocenters. The van der Waals surface area contributed by atoms with Gasteiger partial charge in [-0.3, -0.25) is 9.59 Å². The van der Waals surface area contributed by atoms with E-state index < -0.39 is 17.6 Å². The van der Waals surface area contributed by atoms with Gasteiger partial charge in [0.05, 0.1) is 6.61 Å². The number of carbonyl (C=O) groups excluding carboxylic acids is 2. The van der Waals surface area contributed by atoms with Crippen molar-refractivity contribution in [3.63, 3.8) is 0 Å². The Hall–Kier alpha value is -1.82. The Morgan fingerprint density at radius 1 is 1.25 bits per heavy atom. The molecule has 0 bridgehead atoms. The van der Waals surface area contributed by atoms with E-state index in [1.54, 1.807) is 6.92 Å². The first kappa shape index (κ1) is 18.5. The number of ether oxygens (including phenoxy) is 1. The van der Waals surface area contributed by atoms with Crippen LogP contribution in [0.2, 0.25) is 0 Å². The van der Waals surface area contributed by atoms with Crippen LogP contribution in [-0.2, 0) is 20.7 Å². The SMILES string of the molecule is CCOC(=O)CC(=O)[C@@H]1CCN(C)[C@H](Cc2cc(F)cc(F)c2)C1. The van der Waals surface area contributed by atoms with Gasteiger partial charge in [-0.05, 0) is 57.5 Å². The predicted molar refractivity (Wildman–Crippen MR) is 85.5 cm³/mol. The number of hydrogen-bond acceptors (Lipinski definition) is 4. The minimum atomic E-state index is -0.599. The Morgan fingerprint density at radius 3 is 2.54 bits per heavy atom. The highest BCUT2D eigenvalue weighted by atomic mass is 19.1. The number of ketones is 1. The first-order valence-corrected chi connectivity index (χ1v) is 8.22. The molecule has 132 valence electrons. The molecule has 0 spiro atoms. The van der Waals surface area contributed by atoms with E-state index in [4.69, 9.17) is 4.74 Å². The average molecular weight is 339 g/mol. The summed E-state index contributed by atoms with van der Waals surface area (Å²) >= 11 is 0. The standard InChI is InChI=1S/C18H23F2NO3/c1-3-24-18(23)11-17(22)13-4-5-21(2)16(9-13)8-12-6-14(19)10-15(20)7-12/h6-7,10,13,16H,3-5,8-9,11H2,1-2H3/t13-,16-/m1/s1. The second-order valence-corrected chi connectivity index (χ2v) is 6.29. The fourth-order valence-corrected chi connectivity index (χ4v) is 3.20. The average Bonchev–Trinajstić information content (AvgIpc) is 2.48. The molecule has 0 N–H and O–H groups in total. The molecule has 1 fully saturated rings. The largest absolute Gasteiger partial charge is 0.466 e. The van der Waals surface area contributed by atoms with Crippen molar-refractivity contribution in [2.24, 2.45) is 5.92 Å². The second kappa shape index (κ2) is 8.33. The lowest BCUT2D eigenvalue weighted by molar-refractivity contribution is -0.146. The number of likely N-dealkylation sites (N-methyl/N-ethyl adjacent to an activating group) is 1. The minimum absolute atomic E-state index is 0.0103. The van der Waals surface area contributed by atoms with Crippen LogP contribution in [0.25, 0.3) is 0 Å². The number of piperidine rings is 1. The molecule has 1 aliphatic rings. The molecule has 0 aromatic heterocycles. The van der Waals surface area contributed by atoms with Crippen molar-refractivity contribution in [2.75, 3.05) is 20.2 Å². The molecule has 0 aliphatic carbocycles. The quantitative estimate of drug-likeness (QED) is 0.591. The molecular weight excluding hydrogens is 316 g/mol. The van der Waals surface area contributed by atoms with Gasteiger partial charge >= 0.3 is 5.97 Å². The lowest BCUT2D eigenvalue weighted by Gasteiger charge is -2.36. The van der Waals surface area contributed by atoms with Gasteiger partial charge in [0.25, 0.3) is 0 Å². The highest BCUT2D eigenvalue weighted by Gasteiger charge is 2.31. The Balaban J connectivity index is 1.99. The smallest absolute Gasteiger partial charge is 0.313 e. The van der Waals surface area contributed by atoms with E-state index in [9.17, 15) is 18.4 Å². The van der Waals surface area contributed by atoms with Crippen molar-refractivity contribution in [3.05, 3.63) is 35.4 Å². The second-order valence-electron chi connectivity index (χ2n) is 6.29. The van der Waals surface area contributed by atoms with Gasteiger partial charge in [0, 0.05) is 18.0 Å². The molecule has 24 heavy (non-hydrogen) atoms. The van der Waals surface area contributed by atoms with E-state index in [0.717, 1.165) is 6.07 Å². The summed E-state index contributed by atoms with van der Waals surface area (Å²) in [5.74, 6) is -2.02. The van der Waals surface area contributed by atoms with Gasteiger partial charge in [-0.25, -0.2) is 8.78 Å². The summed E-state index contributed by atoms with van der Waals surface area (Å²) in [7, 11) is 1.94.